The molecular formula is C21H21ClFN5OS. The van der Waals surface area contributed by atoms with Crippen molar-refractivity contribution < 1.29 is 9.13 Å². The highest BCUT2D eigenvalue weighted by molar-refractivity contribution is 7.09. The Morgan fingerprint density at radius 3 is 2.67 bits per heavy atom. The van der Waals surface area contributed by atoms with Gasteiger partial charge in [-0.25, -0.2) is 4.39 Å². The maximum absolute atomic E-state index is 15.7. The second kappa shape index (κ2) is 8.59. The van der Waals surface area contributed by atoms with Crippen LogP contribution in [0.1, 0.15) is 17.5 Å². The molecule has 0 aliphatic carbocycles. The van der Waals surface area contributed by atoms with E-state index in [4.69, 9.17) is 22.1 Å². The van der Waals surface area contributed by atoms with Gasteiger partial charge in [0.2, 0.25) is 5.28 Å². The number of nitrogens with two attached hydrogens (primary N) is 1. The van der Waals surface area contributed by atoms with Crippen LogP contribution >= 0.6 is 22.9 Å². The summed E-state index contributed by atoms with van der Waals surface area (Å²) < 4.78 is 22.7. The van der Waals surface area contributed by atoms with Crippen molar-refractivity contribution in [3.63, 3.8) is 0 Å². The zero-order valence-corrected chi connectivity index (χ0v) is 18.1. The number of halogens is 2. The van der Waals surface area contributed by atoms with Crippen LogP contribution in [0.2, 0.25) is 5.28 Å². The number of methoxy groups -OCH3 is 1. The number of anilines is 1. The van der Waals surface area contributed by atoms with Crippen molar-refractivity contribution in [1.82, 2.24) is 14.5 Å². The first-order valence-corrected chi connectivity index (χ1v) is 10.7. The van der Waals surface area contributed by atoms with E-state index < -0.39 is 5.82 Å². The number of hydrogen-bond donors (Lipinski definition) is 2. The van der Waals surface area contributed by atoms with Gasteiger partial charge in [-0.1, -0.05) is 6.07 Å². The van der Waals surface area contributed by atoms with Crippen molar-refractivity contribution in [3.8, 4) is 11.4 Å². The first kappa shape index (κ1) is 20.6. The molecule has 0 saturated heterocycles. The van der Waals surface area contributed by atoms with E-state index in [9.17, 15) is 0 Å². The smallest absolute Gasteiger partial charge is 0.226 e. The summed E-state index contributed by atoms with van der Waals surface area (Å²) in [4.78, 5) is 9.72. The minimum absolute atomic E-state index is 0.0378. The number of aromatic nitrogens is 3. The SMILES string of the molecule is COc1ccc(-n2c(C[C@H](C)N)c(F)c3c(NCc4cccs4)nc(Cl)nc32)cc1. The van der Waals surface area contributed by atoms with Crippen molar-refractivity contribution in [1.29, 1.82) is 0 Å². The van der Waals surface area contributed by atoms with E-state index in [0.717, 1.165) is 10.6 Å². The molecule has 30 heavy (non-hydrogen) atoms. The van der Waals surface area contributed by atoms with E-state index in [2.05, 4.69) is 15.3 Å². The van der Waals surface area contributed by atoms with Crippen molar-refractivity contribution in [2.24, 2.45) is 5.73 Å². The third-order valence-corrected chi connectivity index (χ3v) is 5.72. The maximum atomic E-state index is 15.7. The third kappa shape index (κ3) is 3.98. The molecule has 0 spiro atoms. The lowest BCUT2D eigenvalue weighted by atomic mass is 10.1. The van der Waals surface area contributed by atoms with E-state index in [1.807, 2.05) is 48.7 Å². The summed E-state index contributed by atoms with van der Waals surface area (Å²) in [6.07, 6.45) is 0.330. The second-order valence-electron chi connectivity index (χ2n) is 6.95. The number of nitrogens with one attached hydrogen (secondary N) is 1. The normalized spacial score (nSPS) is 12.3. The molecule has 0 bridgehead atoms. The van der Waals surface area contributed by atoms with Crippen molar-refractivity contribution >= 4 is 39.8 Å². The molecule has 3 aromatic heterocycles. The van der Waals surface area contributed by atoms with Crippen molar-refractivity contribution in [2.75, 3.05) is 12.4 Å². The van der Waals surface area contributed by atoms with Gasteiger partial charge in [0.1, 0.15) is 11.6 Å². The molecule has 4 aromatic rings. The van der Waals surface area contributed by atoms with E-state index in [0.29, 0.717) is 41.3 Å². The molecule has 6 nitrogen and oxygen atoms in total. The molecule has 0 unspecified atom stereocenters. The number of hydrogen-bond acceptors (Lipinski definition) is 6. The van der Waals surface area contributed by atoms with Gasteiger partial charge in [0.15, 0.2) is 11.5 Å². The van der Waals surface area contributed by atoms with Gasteiger partial charge in [0, 0.05) is 23.0 Å². The molecule has 1 aromatic carbocycles. The Hall–Kier alpha value is -2.68. The number of thiophene rings is 1. The molecule has 0 radical (unpaired) electrons. The van der Waals surface area contributed by atoms with Gasteiger partial charge in [-0.2, -0.15) is 9.97 Å². The predicted molar refractivity (Wildman–Crippen MR) is 119 cm³/mol. The molecular weight excluding hydrogens is 425 g/mol. The summed E-state index contributed by atoms with van der Waals surface area (Å²) in [6, 6.07) is 11.0. The minimum atomic E-state index is -0.400. The Kier molecular flexibility index (Phi) is 5.90. The van der Waals surface area contributed by atoms with Crippen molar-refractivity contribution in [2.45, 2.75) is 25.9 Å². The fourth-order valence-electron chi connectivity index (χ4n) is 3.36. The summed E-state index contributed by atoms with van der Waals surface area (Å²) in [6.45, 7) is 2.35. The number of fused-ring (bicyclic) bond motifs is 1. The molecule has 3 heterocycles. The van der Waals surface area contributed by atoms with Crippen molar-refractivity contribution in [3.05, 3.63) is 63.5 Å². The lowest BCUT2D eigenvalue weighted by molar-refractivity contribution is 0.414. The minimum Gasteiger partial charge on any atom is -0.497 e. The van der Waals surface area contributed by atoms with E-state index >= 15 is 4.39 Å². The lowest BCUT2D eigenvalue weighted by Crippen LogP contribution is -2.20. The Morgan fingerprint density at radius 2 is 2.03 bits per heavy atom. The highest BCUT2D eigenvalue weighted by Crippen LogP contribution is 2.34. The summed E-state index contributed by atoms with van der Waals surface area (Å²) in [5.41, 5.74) is 7.58. The maximum Gasteiger partial charge on any atom is 0.226 e. The Balaban J connectivity index is 1.89. The van der Waals surface area contributed by atoms with Crippen LogP contribution in [0, 0.1) is 5.82 Å². The largest absolute Gasteiger partial charge is 0.497 e. The molecule has 0 fully saturated rings. The Bertz CT molecular complexity index is 1160. The first-order chi connectivity index (χ1) is 14.5. The average Bonchev–Trinajstić information content (AvgIpc) is 3.33. The van der Waals surface area contributed by atoms with E-state index in [1.54, 1.807) is 23.0 Å². The van der Waals surface area contributed by atoms with Crippen LogP contribution in [-0.4, -0.2) is 27.7 Å². The zero-order valence-electron chi connectivity index (χ0n) is 16.5. The molecule has 0 saturated carbocycles. The lowest BCUT2D eigenvalue weighted by Gasteiger charge is -2.12. The molecule has 1 atom stereocenters. The van der Waals surface area contributed by atoms with Gasteiger partial charge in [-0.15, -0.1) is 11.3 Å². The van der Waals surface area contributed by atoms with Gasteiger partial charge in [-0.05, 0) is 54.2 Å². The van der Waals surface area contributed by atoms with Crippen LogP contribution in [0.15, 0.2) is 41.8 Å². The van der Waals surface area contributed by atoms with Crippen LogP contribution in [0.5, 0.6) is 5.75 Å². The molecule has 0 aliphatic heterocycles. The van der Waals surface area contributed by atoms with Crippen LogP contribution in [0.4, 0.5) is 10.2 Å². The van der Waals surface area contributed by atoms with Gasteiger partial charge >= 0.3 is 0 Å². The van der Waals surface area contributed by atoms with Crippen LogP contribution < -0.4 is 15.8 Å². The van der Waals surface area contributed by atoms with Crippen LogP contribution in [0.3, 0.4) is 0 Å². The van der Waals surface area contributed by atoms with Gasteiger partial charge in [0.05, 0.1) is 24.7 Å². The fourth-order valence-corrected chi connectivity index (χ4v) is 4.17. The van der Waals surface area contributed by atoms with Gasteiger partial charge in [-0.3, -0.25) is 4.57 Å². The number of rotatable bonds is 7. The first-order valence-electron chi connectivity index (χ1n) is 9.40. The highest BCUT2D eigenvalue weighted by Gasteiger charge is 2.24. The summed E-state index contributed by atoms with van der Waals surface area (Å²) >= 11 is 7.83. The highest BCUT2D eigenvalue weighted by atomic mass is 35.5. The standard InChI is InChI=1S/C21H21ClFN5OS/c1-12(24)10-16-18(23)17-19(25-11-15-4-3-9-30-15)26-21(22)27-20(17)28(16)13-5-7-14(29-2)8-6-13/h3-9,12H,10-11,24H2,1-2H3,(H,25,26,27)/t12-/m0/s1. The second-order valence-corrected chi connectivity index (χ2v) is 8.32. The molecule has 0 amide bonds. The van der Waals surface area contributed by atoms with Crippen LogP contribution in [-0.2, 0) is 13.0 Å². The topological polar surface area (TPSA) is 78.0 Å². The molecule has 0 aliphatic rings. The number of nitrogens with zero attached hydrogens (tertiary/aromatic N) is 3. The van der Waals surface area contributed by atoms with Gasteiger partial charge < -0.3 is 15.8 Å². The Labute approximate surface area is 182 Å². The third-order valence-electron chi connectivity index (χ3n) is 4.67. The Morgan fingerprint density at radius 1 is 1.27 bits per heavy atom. The quantitative estimate of drug-likeness (QED) is 0.400. The zero-order chi connectivity index (χ0) is 21.3. The number of benzene rings is 1. The molecule has 9 heteroatoms. The summed E-state index contributed by atoms with van der Waals surface area (Å²) in [7, 11) is 1.60. The molecule has 156 valence electrons. The summed E-state index contributed by atoms with van der Waals surface area (Å²) in [5, 5.41) is 5.52. The monoisotopic (exact) mass is 445 g/mol. The van der Waals surface area contributed by atoms with Gasteiger partial charge in [0.25, 0.3) is 0 Å². The molecule has 3 N–H and O–H groups in total. The summed E-state index contributed by atoms with van der Waals surface area (Å²) in [5.74, 6) is 0.660. The molecule has 4 rings (SSSR count). The predicted octanol–water partition coefficient (Wildman–Crippen LogP) is 4.78. The number of ether oxygens (including phenoxy) is 1. The fraction of sp³-hybridized carbons (Fsp3) is 0.238. The van der Waals surface area contributed by atoms with E-state index in [-0.39, 0.29) is 11.3 Å². The average molecular weight is 446 g/mol. The van der Waals surface area contributed by atoms with Crippen LogP contribution in [0.25, 0.3) is 16.7 Å². The van der Waals surface area contributed by atoms with E-state index in [1.165, 1.54) is 0 Å².